The lowest BCUT2D eigenvalue weighted by atomic mass is 9.74. The standard InChI is InChI=1S/C47H35B3N6S2/c1-28(24-37-36(22-23-49-3)29(2)56(42(37)50-4)35-19-21-41-39(27-35)52-47(48)58-41)32-16-11-17-34(25-32)46-51-38-26-33(18-20-40(38)57-46)45-54-43(30-12-7-5-8-13-30)53-44(55-45)31-14-9-6-10-15-31/h5-27H,1-4H3/b23-22-,28-24+. The molecule has 9 aromatic rings. The highest BCUT2D eigenvalue weighted by atomic mass is 32.1. The smallest absolute Gasteiger partial charge is 0.172 e. The van der Waals surface area contributed by atoms with Gasteiger partial charge in [0, 0.05) is 44.1 Å². The Hall–Kier alpha value is -6.16. The molecule has 0 aliphatic rings. The van der Waals surface area contributed by atoms with Gasteiger partial charge >= 0.3 is 0 Å². The molecule has 0 atom stereocenters. The van der Waals surface area contributed by atoms with Crippen molar-refractivity contribution in [2.24, 2.45) is 0 Å². The van der Waals surface area contributed by atoms with Crippen LogP contribution in [-0.2, 0) is 0 Å². The summed E-state index contributed by atoms with van der Waals surface area (Å²) in [6, 6.07) is 41.4. The molecule has 4 radical (unpaired) electrons. The first-order valence-electron chi connectivity index (χ1n) is 19.1. The second-order valence-electron chi connectivity index (χ2n) is 14.0. The highest BCUT2D eigenvalue weighted by Gasteiger charge is 2.20. The summed E-state index contributed by atoms with van der Waals surface area (Å²) in [5, 5.41) is 0.956. The summed E-state index contributed by atoms with van der Waals surface area (Å²) in [6.45, 7) is 8.50. The summed E-state index contributed by atoms with van der Waals surface area (Å²) in [7, 11) is 10.3. The van der Waals surface area contributed by atoms with Crippen LogP contribution in [0.1, 0.15) is 29.3 Å². The Balaban J connectivity index is 1.07. The first-order valence-corrected chi connectivity index (χ1v) is 20.7. The maximum absolute atomic E-state index is 6.06. The summed E-state index contributed by atoms with van der Waals surface area (Å²) in [5.41, 5.74) is 13.6. The number of fused-ring (bicyclic) bond motifs is 2. The monoisotopic (exact) mass is 780 g/mol. The fourth-order valence-corrected chi connectivity index (χ4v) is 8.98. The topological polar surface area (TPSA) is 69.4 Å². The lowest BCUT2D eigenvalue weighted by molar-refractivity contribution is 1.04. The highest BCUT2D eigenvalue weighted by Crippen LogP contribution is 2.35. The van der Waals surface area contributed by atoms with E-state index in [1.54, 1.807) is 11.3 Å². The van der Waals surface area contributed by atoms with E-state index in [-0.39, 0.29) is 0 Å². The molecule has 11 heteroatoms. The van der Waals surface area contributed by atoms with Crippen molar-refractivity contribution in [1.29, 1.82) is 0 Å². The van der Waals surface area contributed by atoms with Crippen molar-refractivity contribution in [2.45, 2.75) is 27.5 Å². The zero-order chi connectivity index (χ0) is 39.8. The Morgan fingerprint density at radius 1 is 0.638 bits per heavy atom. The summed E-state index contributed by atoms with van der Waals surface area (Å²) in [6.07, 6.45) is 4.50. The number of benzene rings is 5. The molecule has 0 N–H and O–H groups in total. The zero-order valence-electron chi connectivity index (χ0n) is 32.5. The molecule has 4 aromatic heterocycles. The van der Waals surface area contributed by atoms with E-state index >= 15 is 0 Å². The summed E-state index contributed by atoms with van der Waals surface area (Å²) in [5.74, 6) is 3.98. The van der Waals surface area contributed by atoms with Crippen LogP contribution < -0.4 is 10.5 Å². The van der Waals surface area contributed by atoms with Gasteiger partial charge in [0.15, 0.2) is 32.6 Å². The number of aromatic nitrogens is 6. The van der Waals surface area contributed by atoms with E-state index in [1.807, 2.05) is 67.5 Å². The Labute approximate surface area is 349 Å². The number of allylic oxidation sites excluding steroid dienone is 1. The van der Waals surface area contributed by atoms with E-state index < -0.39 is 0 Å². The molecule has 0 bridgehead atoms. The van der Waals surface area contributed by atoms with Gasteiger partial charge in [-0.05, 0) is 84.7 Å². The van der Waals surface area contributed by atoms with Gasteiger partial charge in [-0.25, -0.2) is 19.9 Å². The molecule has 0 saturated carbocycles. The Morgan fingerprint density at radius 3 is 1.97 bits per heavy atom. The van der Waals surface area contributed by atoms with Crippen molar-refractivity contribution < 1.29 is 0 Å². The van der Waals surface area contributed by atoms with Crippen LogP contribution in [0.25, 0.3) is 88.6 Å². The third-order valence-corrected chi connectivity index (χ3v) is 12.1. The average molecular weight is 780 g/mol. The van der Waals surface area contributed by atoms with E-state index in [0.29, 0.717) is 22.4 Å². The van der Waals surface area contributed by atoms with Crippen LogP contribution in [0.2, 0.25) is 13.6 Å². The molecule has 0 aliphatic heterocycles. The van der Waals surface area contributed by atoms with Crippen LogP contribution in [0, 0.1) is 6.92 Å². The lowest BCUT2D eigenvalue weighted by Crippen LogP contribution is -2.24. The first kappa shape index (κ1) is 37.4. The minimum atomic E-state index is 0.577. The van der Waals surface area contributed by atoms with Gasteiger partial charge in [-0.1, -0.05) is 98.6 Å². The predicted molar refractivity (Wildman–Crippen MR) is 249 cm³/mol. The molecule has 0 amide bonds. The molecule has 9 rings (SSSR count). The quantitative estimate of drug-likeness (QED) is 0.129. The maximum Gasteiger partial charge on any atom is 0.172 e. The SMILES string of the molecule is [B]c1nc2cc(-n3c(C)c(/C=C\[B]C)c(/C=C(\C)c4cccc(-c5nc6cc(-c7nc(-c8ccccc8)nc(-c8ccccc8)n7)ccc6s5)c4)c3[B]C)ccc2s1. The Bertz CT molecular complexity index is 2960. The van der Waals surface area contributed by atoms with Crippen molar-refractivity contribution in [3.63, 3.8) is 0 Å². The molecule has 6 nitrogen and oxygen atoms in total. The third-order valence-electron chi connectivity index (χ3n) is 10.2. The average Bonchev–Trinajstić information content (AvgIpc) is 3.94. The largest absolute Gasteiger partial charge is 0.327 e. The van der Waals surface area contributed by atoms with Gasteiger partial charge in [-0.15, -0.1) is 28.6 Å². The molecule has 0 spiro atoms. The molecule has 0 fully saturated rings. The van der Waals surface area contributed by atoms with Crippen molar-refractivity contribution in [3.8, 4) is 50.4 Å². The van der Waals surface area contributed by atoms with E-state index in [0.717, 1.165) is 81.4 Å². The second kappa shape index (κ2) is 16.0. The van der Waals surface area contributed by atoms with Crippen LogP contribution in [-0.4, -0.2) is 51.9 Å². The Morgan fingerprint density at radius 2 is 1.28 bits per heavy atom. The first-order chi connectivity index (χ1) is 28.4. The molecule has 5 aromatic carbocycles. The number of nitrogens with zero attached hydrogens (tertiary/aromatic N) is 6. The van der Waals surface area contributed by atoms with E-state index in [9.17, 15) is 0 Å². The molecule has 4 heterocycles. The molecule has 58 heavy (non-hydrogen) atoms. The number of hydrogen-bond acceptors (Lipinski definition) is 7. The fourth-order valence-electron chi connectivity index (χ4n) is 7.32. The molecule has 0 unspecified atom stereocenters. The van der Waals surface area contributed by atoms with Crippen LogP contribution in [0.5, 0.6) is 0 Å². The van der Waals surface area contributed by atoms with Gasteiger partial charge in [-0.2, -0.15) is 0 Å². The summed E-state index contributed by atoms with van der Waals surface area (Å²) >= 11 is 3.19. The maximum atomic E-state index is 6.06. The van der Waals surface area contributed by atoms with Crippen LogP contribution >= 0.6 is 22.7 Å². The minimum absolute atomic E-state index is 0.577. The van der Waals surface area contributed by atoms with Gasteiger partial charge < -0.3 is 4.57 Å². The van der Waals surface area contributed by atoms with Gasteiger partial charge in [0.25, 0.3) is 0 Å². The van der Waals surface area contributed by atoms with Crippen LogP contribution in [0.4, 0.5) is 0 Å². The van der Waals surface area contributed by atoms with Gasteiger partial charge in [0.05, 0.1) is 20.4 Å². The highest BCUT2D eigenvalue weighted by molar-refractivity contribution is 7.25. The molecule has 0 aliphatic carbocycles. The van der Waals surface area contributed by atoms with Crippen molar-refractivity contribution in [2.75, 3.05) is 0 Å². The third kappa shape index (κ3) is 7.28. The molecule has 274 valence electrons. The number of thiazole rings is 2. The second-order valence-corrected chi connectivity index (χ2v) is 16.1. The number of hydrogen-bond donors (Lipinski definition) is 0. The molecular weight excluding hydrogens is 745 g/mol. The Kier molecular flexibility index (Phi) is 10.3. The summed E-state index contributed by atoms with van der Waals surface area (Å²) < 4.78 is 4.49. The lowest BCUT2D eigenvalue weighted by Gasteiger charge is -2.12. The van der Waals surface area contributed by atoms with Gasteiger partial charge in [-0.3, -0.25) is 4.98 Å². The predicted octanol–water partition coefficient (Wildman–Crippen LogP) is 10.3. The van der Waals surface area contributed by atoms with Gasteiger partial charge in [0.2, 0.25) is 0 Å². The van der Waals surface area contributed by atoms with E-state index in [1.165, 1.54) is 16.9 Å². The zero-order valence-corrected chi connectivity index (χ0v) is 34.1. The normalized spacial score (nSPS) is 11.9. The van der Waals surface area contributed by atoms with Crippen LogP contribution in [0.15, 0.2) is 127 Å². The summed E-state index contributed by atoms with van der Waals surface area (Å²) in [4.78, 5) is 25.0. The van der Waals surface area contributed by atoms with Gasteiger partial charge in [0.1, 0.15) is 12.3 Å². The van der Waals surface area contributed by atoms with E-state index in [2.05, 4.69) is 124 Å². The van der Waals surface area contributed by atoms with Crippen molar-refractivity contribution in [1.82, 2.24) is 29.5 Å². The fraction of sp³-hybridized carbons (Fsp3) is 0.0851. The number of rotatable bonds is 10. The molecule has 0 saturated heterocycles. The van der Waals surface area contributed by atoms with Crippen molar-refractivity contribution >= 4 is 93.7 Å². The van der Waals surface area contributed by atoms with Crippen LogP contribution in [0.3, 0.4) is 0 Å². The molecular formula is C47H35B3N6S2. The van der Waals surface area contributed by atoms with E-state index in [4.69, 9.17) is 27.8 Å². The minimum Gasteiger partial charge on any atom is -0.327 e. The van der Waals surface area contributed by atoms with Crippen molar-refractivity contribution in [3.05, 3.63) is 150 Å².